The van der Waals surface area contributed by atoms with Gasteiger partial charge in [0.15, 0.2) is 0 Å². The summed E-state index contributed by atoms with van der Waals surface area (Å²) < 4.78 is 33.2. The van der Waals surface area contributed by atoms with Crippen molar-refractivity contribution in [1.29, 1.82) is 0 Å². The van der Waals surface area contributed by atoms with Gasteiger partial charge in [-0.3, -0.25) is 13.8 Å². The van der Waals surface area contributed by atoms with Gasteiger partial charge in [0.2, 0.25) is 0 Å². The molecular weight excluding hydrogens is 595 g/mol. The minimum absolute atomic E-state index is 0.0769. The molecule has 0 aromatic heterocycles. The van der Waals surface area contributed by atoms with Gasteiger partial charge in [0, 0.05) is 13.0 Å². The summed E-state index contributed by atoms with van der Waals surface area (Å²) in [6.45, 7) is 3.82. The highest BCUT2D eigenvalue weighted by Gasteiger charge is 2.51. The summed E-state index contributed by atoms with van der Waals surface area (Å²) in [6, 6.07) is 0. The van der Waals surface area contributed by atoms with Crippen LogP contribution in [0.3, 0.4) is 0 Å². The van der Waals surface area contributed by atoms with Crippen molar-refractivity contribution in [3.8, 4) is 0 Å². The van der Waals surface area contributed by atoms with Gasteiger partial charge in [-0.2, -0.15) is 0 Å². The fraction of sp³-hybridized carbons (Fsp3) is 0.968. The van der Waals surface area contributed by atoms with E-state index in [4.69, 9.17) is 18.5 Å². The third-order valence-electron chi connectivity index (χ3n) is 7.95. The minimum Gasteiger partial charge on any atom is -0.457 e. The Morgan fingerprint density at radius 2 is 1.07 bits per heavy atom. The topological polar surface area (TPSA) is 192 Å². The molecule has 0 heterocycles. The minimum atomic E-state index is -4.97. The number of phosphoric acid groups is 1. The van der Waals surface area contributed by atoms with Gasteiger partial charge in [-0.15, -0.1) is 0 Å². The van der Waals surface area contributed by atoms with Crippen LogP contribution >= 0.6 is 7.82 Å². The fourth-order valence-electron chi connectivity index (χ4n) is 5.22. The summed E-state index contributed by atoms with van der Waals surface area (Å²) in [7, 11) is -4.97. The van der Waals surface area contributed by atoms with E-state index in [0.717, 1.165) is 19.3 Å². The van der Waals surface area contributed by atoms with Crippen molar-refractivity contribution >= 4 is 13.8 Å². The largest absolute Gasteiger partial charge is 0.472 e. The average Bonchev–Trinajstić information content (AvgIpc) is 2.99. The van der Waals surface area contributed by atoms with Gasteiger partial charge in [-0.05, 0) is 12.8 Å². The smallest absolute Gasteiger partial charge is 0.457 e. The monoisotopic (exact) mass is 656 g/mol. The Labute approximate surface area is 264 Å². The Morgan fingerprint density at radius 1 is 0.636 bits per heavy atom. The van der Waals surface area contributed by atoms with Crippen LogP contribution in [0.1, 0.15) is 129 Å². The molecule has 44 heavy (non-hydrogen) atoms. The fourth-order valence-corrected chi connectivity index (χ4v) is 6.19. The van der Waals surface area contributed by atoms with E-state index < -0.39 is 63.1 Å². The standard InChI is InChI=1S/C31H61O12P/c1-3-5-6-7-8-9-10-11-12-13-14-15-16-17-18-19-21-40-22-24(42-25(32)20-4-2)23-41-44(38,39)43-31-29(36)27(34)26(33)28(35)30(31)37/h24,26-31,33-37H,3-23H2,1-2H3,(H,38,39)/t24-,26?,27-,28?,29?,30?,31?/m1/s1. The summed E-state index contributed by atoms with van der Waals surface area (Å²) in [5.41, 5.74) is 0. The lowest BCUT2D eigenvalue weighted by atomic mass is 9.85. The molecule has 0 aromatic carbocycles. The summed E-state index contributed by atoms with van der Waals surface area (Å²) in [5, 5.41) is 49.4. The lowest BCUT2D eigenvalue weighted by Crippen LogP contribution is -2.64. The van der Waals surface area contributed by atoms with E-state index in [1.165, 1.54) is 83.5 Å². The molecule has 0 bridgehead atoms. The molecule has 0 spiro atoms. The number of hydrogen-bond donors (Lipinski definition) is 6. The number of unbranched alkanes of at least 4 members (excludes halogenated alkanes) is 15. The Morgan fingerprint density at radius 3 is 1.52 bits per heavy atom. The lowest BCUT2D eigenvalue weighted by molar-refractivity contribution is -0.220. The first-order chi connectivity index (χ1) is 21.0. The summed E-state index contributed by atoms with van der Waals surface area (Å²) in [5.74, 6) is -0.529. The quantitative estimate of drug-likeness (QED) is 0.0418. The third kappa shape index (κ3) is 17.9. The molecule has 1 rings (SSSR count). The van der Waals surface area contributed by atoms with Crippen LogP contribution < -0.4 is 0 Å². The van der Waals surface area contributed by atoms with E-state index in [1.54, 1.807) is 6.92 Å². The van der Waals surface area contributed by atoms with Crippen molar-refractivity contribution in [3.05, 3.63) is 0 Å². The molecule has 1 aliphatic rings. The van der Waals surface area contributed by atoms with Crippen LogP contribution in [0.5, 0.6) is 0 Å². The van der Waals surface area contributed by atoms with Gasteiger partial charge < -0.3 is 39.9 Å². The second-order valence-electron chi connectivity index (χ2n) is 12.0. The molecule has 1 saturated carbocycles. The van der Waals surface area contributed by atoms with Gasteiger partial charge in [0.05, 0.1) is 13.2 Å². The number of carbonyl (C=O) groups excluding carboxylic acids is 1. The predicted molar refractivity (Wildman–Crippen MR) is 166 cm³/mol. The van der Waals surface area contributed by atoms with Crippen LogP contribution in [0.25, 0.3) is 0 Å². The van der Waals surface area contributed by atoms with E-state index in [0.29, 0.717) is 13.0 Å². The van der Waals surface area contributed by atoms with Gasteiger partial charge in [-0.25, -0.2) is 4.57 Å². The molecule has 13 heteroatoms. The maximum absolute atomic E-state index is 12.5. The van der Waals surface area contributed by atoms with Gasteiger partial charge >= 0.3 is 13.8 Å². The number of phosphoric ester groups is 1. The van der Waals surface area contributed by atoms with Gasteiger partial charge in [0.1, 0.15) is 42.7 Å². The number of hydrogen-bond acceptors (Lipinski definition) is 11. The number of aliphatic hydroxyl groups is 5. The highest BCUT2D eigenvalue weighted by molar-refractivity contribution is 7.47. The first kappa shape index (κ1) is 41.4. The zero-order chi connectivity index (χ0) is 32.8. The second kappa shape index (κ2) is 24.5. The number of aliphatic hydroxyl groups excluding tert-OH is 5. The molecule has 1 fully saturated rings. The molecule has 8 atom stereocenters. The summed E-state index contributed by atoms with van der Waals surface area (Å²) >= 11 is 0. The normalized spacial score (nSPS) is 25.9. The van der Waals surface area contributed by atoms with Crippen molar-refractivity contribution in [3.63, 3.8) is 0 Å². The average molecular weight is 657 g/mol. The van der Waals surface area contributed by atoms with Crippen LogP contribution in [0.15, 0.2) is 0 Å². The molecule has 1 aliphatic carbocycles. The van der Waals surface area contributed by atoms with Crippen LogP contribution in [-0.2, 0) is 27.9 Å². The number of carbonyl (C=O) groups is 1. The van der Waals surface area contributed by atoms with Crippen LogP contribution in [0.2, 0.25) is 0 Å². The third-order valence-corrected chi connectivity index (χ3v) is 8.93. The Hall–Kier alpha value is -0.660. The summed E-state index contributed by atoms with van der Waals surface area (Å²) in [6.07, 6.45) is 8.22. The van der Waals surface area contributed by atoms with Gasteiger partial charge in [-0.1, -0.05) is 110 Å². The van der Waals surface area contributed by atoms with E-state index >= 15 is 0 Å². The predicted octanol–water partition coefficient (Wildman–Crippen LogP) is 4.30. The van der Waals surface area contributed by atoms with E-state index in [1.807, 2.05) is 0 Å². The Bertz CT molecular complexity index is 756. The van der Waals surface area contributed by atoms with Gasteiger partial charge in [0.25, 0.3) is 0 Å². The second-order valence-corrected chi connectivity index (χ2v) is 13.4. The number of ether oxygens (including phenoxy) is 2. The highest BCUT2D eigenvalue weighted by Crippen LogP contribution is 2.47. The van der Waals surface area contributed by atoms with E-state index in [9.17, 15) is 39.8 Å². The molecule has 6 N–H and O–H groups in total. The van der Waals surface area contributed by atoms with Crippen molar-refractivity contribution in [1.82, 2.24) is 0 Å². The maximum atomic E-state index is 12.5. The molecule has 0 amide bonds. The molecule has 0 saturated heterocycles. The van der Waals surface area contributed by atoms with Crippen molar-refractivity contribution in [2.45, 2.75) is 172 Å². The SMILES string of the molecule is CCCCCCCCCCCCCCCCCCOC[C@H](COP(=O)(O)OC1C(O)C(O)C(O)[C@@H](O)C1O)OC(=O)CCC. The Kier molecular flexibility index (Phi) is 23.0. The first-order valence-electron chi connectivity index (χ1n) is 16.9. The molecule has 0 aliphatic heterocycles. The molecule has 0 aromatic rings. The maximum Gasteiger partial charge on any atom is 0.472 e. The van der Waals surface area contributed by atoms with Crippen LogP contribution in [0.4, 0.5) is 0 Å². The number of rotatable bonds is 27. The molecular formula is C31H61O12P. The molecule has 12 nitrogen and oxygen atoms in total. The first-order valence-corrected chi connectivity index (χ1v) is 18.4. The van der Waals surface area contributed by atoms with E-state index in [2.05, 4.69) is 6.92 Å². The van der Waals surface area contributed by atoms with Crippen molar-refractivity contribution in [2.75, 3.05) is 19.8 Å². The number of esters is 1. The zero-order valence-electron chi connectivity index (χ0n) is 27.0. The molecule has 262 valence electrons. The molecule has 0 radical (unpaired) electrons. The summed E-state index contributed by atoms with van der Waals surface area (Å²) in [4.78, 5) is 22.2. The van der Waals surface area contributed by atoms with Crippen molar-refractivity contribution in [2.24, 2.45) is 0 Å². The van der Waals surface area contributed by atoms with E-state index in [-0.39, 0.29) is 13.0 Å². The Balaban J connectivity index is 2.25. The van der Waals surface area contributed by atoms with Crippen molar-refractivity contribution < 1.29 is 58.3 Å². The molecule has 6 unspecified atom stereocenters. The van der Waals surface area contributed by atoms with Crippen LogP contribution in [-0.4, -0.2) is 98.9 Å². The lowest BCUT2D eigenvalue weighted by Gasteiger charge is -2.41. The highest BCUT2D eigenvalue weighted by atomic mass is 31.2. The zero-order valence-corrected chi connectivity index (χ0v) is 27.9. The van der Waals surface area contributed by atoms with Crippen LogP contribution in [0, 0.1) is 0 Å².